The van der Waals surface area contributed by atoms with Crippen LogP contribution in [0.1, 0.15) is 142 Å². The molecule has 0 aromatic rings. The van der Waals surface area contributed by atoms with Crippen molar-refractivity contribution in [1.82, 2.24) is 0 Å². The van der Waals surface area contributed by atoms with Crippen LogP contribution in [0.2, 0.25) is 0 Å². The van der Waals surface area contributed by atoms with Crippen LogP contribution in [0.15, 0.2) is 0 Å². The number of rotatable bonds is 22. The van der Waals surface area contributed by atoms with Crippen LogP contribution in [0.4, 0.5) is 0 Å². The SMILES string of the molecule is CCCCCCCCCCC(O)CCCCCCCC(CCCCC)S(=O)(=O)[O-].[Na+]. The van der Waals surface area contributed by atoms with E-state index in [-0.39, 0.29) is 35.7 Å². The van der Waals surface area contributed by atoms with Crippen molar-refractivity contribution in [3.8, 4) is 0 Å². The largest absolute Gasteiger partial charge is 1.00 e. The number of unbranched alkanes of at least 4 members (excludes halogenated alkanes) is 13. The van der Waals surface area contributed by atoms with Gasteiger partial charge in [-0.2, -0.15) is 0 Å². The maximum Gasteiger partial charge on any atom is 1.00 e. The molecule has 0 rings (SSSR count). The quantitative estimate of drug-likeness (QED) is 0.151. The zero-order valence-electron chi connectivity index (χ0n) is 20.4. The van der Waals surface area contributed by atoms with Gasteiger partial charge in [0.1, 0.15) is 0 Å². The minimum Gasteiger partial charge on any atom is -0.748 e. The van der Waals surface area contributed by atoms with Crippen molar-refractivity contribution in [3.63, 3.8) is 0 Å². The average Bonchev–Trinajstić information content (AvgIpc) is 2.67. The van der Waals surface area contributed by atoms with Gasteiger partial charge in [0.05, 0.1) is 16.2 Å². The van der Waals surface area contributed by atoms with E-state index >= 15 is 0 Å². The molecule has 0 saturated heterocycles. The summed E-state index contributed by atoms with van der Waals surface area (Å²) in [5.41, 5.74) is 0. The number of hydrogen-bond donors (Lipinski definition) is 1. The topological polar surface area (TPSA) is 77.4 Å². The van der Waals surface area contributed by atoms with Crippen LogP contribution in [0.5, 0.6) is 0 Å². The van der Waals surface area contributed by atoms with Gasteiger partial charge in [0.2, 0.25) is 0 Å². The Morgan fingerprint density at radius 2 is 0.900 bits per heavy atom. The Balaban J connectivity index is 0. The van der Waals surface area contributed by atoms with Crippen LogP contribution < -0.4 is 29.6 Å². The predicted octanol–water partition coefficient (Wildman–Crippen LogP) is 4.11. The van der Waals surface area contributed by atoms with Gasteiger partial charge in [-0.05, 0) is 25.7 Å². The van der Waals surface area contributed by atoms with E-state index in [2.05, 4.69) is 13.8 Å². The van der Waals surface area contributed by atoms with Crippen LogP contribution in [0, 0.1) is 0 Å². The van der Waals surface area contributed by atoms with E-state index in [4.69, 9.17) is 0 Å². The van der Waals surface area contributed by atoms with Crippen molar-refractivity contribution < 1.29 is 47.6 Å². The minimum atomic E-state index is -4.16. The number of aliphatic hydroxyl groups excluding tert-OH is 1. The summed E-state index contributed by atoms with van der Waals surface area (Å²) in [6.07, 6.45) is 20.9. The first-order valence-electron chi connectivity index (χ1n) is 12.5. The second kappa shape index (κ2) is 23.0. The maximum absolute atomic E-state index is 11.4. The standard InChI is InChI=1S/C24H50O4S.Na/c1-3-5-7-8-9-10-12-16-19-23(25)20-17-13-11-14-18-22-24(29(26,27)28)21-15-6-4-2;/h23-25H,3-22H2,1-2H3,(H,26,27,28);/q;+1/p-1. The van der Waals surface area contributed by atoms with Crippen LogP contribution in [-0.2, 0) is 10.1 Å². The molecule has 0 fully saturated rings. The van der Waals surface area contributed by atoms with Gasteiger partial charge in [-0.1, -0.05) is 117 Å². The number of aliphatic hydroxyl groups is 1. The molecule has 0 radical (unpaired) electrons. The van der Waals surface area contributed by atoms with Crippen molar-refractivity contribution in [2.45, 2.75) is 154 Å². The van der Waals surface area contributed by atoms with Gasteiger partial charge in [0, 0.05) is 5.25 Å². The zero-order valence-corrected chi connectivity index (χ0v) is 23.2. The van der Waals surface area contributed by atoms with Crippen molar-refractivity contribution >= 4 is 10.1 Å². The summed E-state index contributed by atoms with van der Waals surface area (Å²) in [6.45, 7) is 4.32. The molecule has 0 aliphatic rings. The van der Waals surface area contributed by atoms with Crippen molar-refractivity contribution in [3.05, 3.63) is 0 Å². The summed E-state index contributed by atoms with van der Waals surface area (Å²) in [7, 11) is -4.16. The van der Waals surface area contributed by atoms with Gasteiger partial charge in [-0.25, -0.2) is 8.42 Å². The van der Waals surface area contributed by atoms with E-state index in [1.54, 1.807) is 0 Å². The molecule has 0 aliphatic carbocycles. The summed E-state index contributed by atoms with van der Waals surface area (Å²) in [4.78, 5) is 0. The fourth-order valence-corrected chi connectivity index (χ4v) is 4.91. The van der Waals surface area contributed by atoms with Crippen LogP contribution in [0.25, 0.3) is 0 Å². The molecule has 0 saturated carbocycles. The average molecular weight is 457 g/mol. The van der Waals surface area contributed by atoms with E-state index in [1.165, 1.54) is 44.9 Å². The first-order chi connectivity index (χ1) is 13.9. The Hall–Kier alpha value is 0.870. The maximum atomic E-state index is 11.4. The summed E-state index contributed by atoms with van der Waals surface area (Å²) in [5.74, 6) is 0. The monoisotopic (exact) mass is 456 g/mol. The fourth-order valence-electron chi connectivity index (χ4n) is 4.00. The first-order valence-corrected chi connectivity index (χ1v) is 14.0. The zero-order chi connectivity index (χ0) is 21.8. The summed E-state index contributed by atoms with van der Waals surface area (Å²) in [6, 6.07) is 0. The molecule has 6 heteroatoms. The number of hydrogen-bond acceptors (Lipinski definition) is 4. The van der Waals surface area contributed by atoms with Gasteiger partial charge >= 0.3 is 29.6 Å². The molecule has 0 aromatic carbocycles. The first kappa shape index (κ1) is 33.0. The Bertz CT molecular complexity index is 442. The molecule has 0 bridgehead atoms. The molecule has 0 heterocycles. The third kappa shape index (κ3) is 22.1. The second-order valence-corrected chi connectivity index (χ2v) is 10.5. The van der Waals surface area contributed by atoms with E-state index in [1.807, 2.05) is 0 Å². The molecule has 1 N–H and O–H groups in total. The molecule has 0 aliphatic heterocycles. The molecule has 30 heavy (non-hydrogen) atoms. The van der Waals surface area contributed by atoms with E-state index in [0.29, 0.717) is 12.8 Å². The van der Waals surface area contributed by atoms with E-state index in [0.717, 1.165) is 70.6 Å². The van der Waals surface area contributed by atoms with Gasteiger partial charge in [0.25, 0.3) is 0 Å². The molecule has 4 nitrogen and oxygen atoms in total. The predicted molar refractivity (Wildman–Crippen MR) is 123 cm³/mol. The Morgan fingerprint density at radius 3 is 1.30 bits per heavy atom. The van der Waals surface area contributed by atoms with Crippen LogP contribution in [0.3, 0.4) is 0 Å². The molecular weight excluding hydrogens is 407 g/mol. The molecule has 2 atom stereocenters. The van der Waals surface area contributed by atoms with Crippen molar-refractivity contribution in [1.29, 1.82) is 0 Å². The minimum absolute atomic E-state index is 0. The van der Waals surface area contributed by atoms with Crippen LogP contribution >= 0.6 is 0 Å². The van der Waals surface area contributed by atoms with Gasteiger partial charge < -0.3 is 9.66 Å². The van der Waals surface area contributed by atoms with E-state index < -0.39 is 15.4 Å². The Labute approximate surface area is 210 Å². The van der Waals surface area contributed by atoms with Gasteiger partial charge in [-0.3, -0.25) is 0 Å². The summed E-state index contributed by atoms with van der Waals surface area (Å²) in [5, 5.41) is 9.40. The molecule has 0 spiro atoms. The smallest absolute Gasteiger partial charge is 0.748 e. The van der Waals surface area contributed by atoms with E-state index in [9.17, 15) is 18.1 Å². The molecule has 0 amide bonds. The molecule has 176 valence electrons. The summed E-state index contributed by atoms with van der Waals surface area (Å²) < 4.78 is 34.1. The van der Waals surface area contributed by atoms with Crippen LogP contribution in [-0.4, -0.2) is 29.4 Å². The van der Waals surface area contributed by atoms with Crippen molar-refractivity contribution in [2.75, 3.05) is 0 Å². The Morgan fingerprint density at radius 1 is 0.600 bits per heavy atom. The third-order valence-corrected chi connectivity index (χ3v) is 7.28. The Kier molecular flexibility index (Phi) is 25.4. The molecule has 2 unspecified atom stereocenters. The molecular formula is C24H49NaO4S. The molecule has 0 aromatic heterocycles. The van der Waals surface area contributed by atoms with Crippen molar-refractivity contribution in [2.24, 2.45) is 0 Å². The third-order valence-electron chi connectivity index (χ3n) is 5.99. The fraction of sp³-hybridized carbons (Fsp3) is 1.00. The normalized spacial score (nSPS) is 13.7. The second-order valence-electron chi connectivity index (χ2n) is 8.87. The summed E-state index contributed by atoms with van der Waals surface area (Å²) >= 11 is 0. The van der Waals surface area contributed by atoms with Gasteiger partial charge in [0.15, 0.2) is 0 Å². The van der Waals surface area contributed by atoms with Gasteiger partial charge in [-0.15, -0.1) is 0 Å².